The molecule has 2 rings (SSSR count). The van der Waals surface area contributed by atoms with Crippen molar-refractivity contribution in [2.24, 2.45) is 0 Å². The SMILES string of the molecule is CCCc1nnc(SCC(=O)Nc2ccc(Cl)c(CN(C)CCO)c2)n1N. The number of benzene rings is 1. The fourth-order valence-corrected chi connectivity index (χ4v) is 3.29. The minimum Gasteiger partial charge on any atom is -0.395 e. The van der Waals surface area contributed by atoms with Crippen LogP contribution in [0.3, 0.4) is 0 Å². The van der Waals surface area contributed by atoms with Crippen LogP contribution in [0.2, 0.25) is 5.02 Å². The second-order valence-corrected chi connectivity index (χ2v) is 7.47. The number of amides is 1. The van der Waals surface area contributed by atoms with Crippen molar-refractivity contribution in [3.8, 4) is 0 Å². The number of hydrogen-bond donors (Lipinski definition) is 3. The number of aliphatic hydroxyl groups is 1. The van der Waals surface area contributed by atoms with Crippen LogP contribution in [-0.2, 0) is 17.8 Å². The van der Waals surface area contributed by atoms with Gasteiger partial charge < -0.3 is 16.3 Å². The highest BCUT2D eigenvalue weighted by atomic mass is 35.5. The molecule has 0 aliphatic rings. The summed E-state index contributed by atoms with van der Waals surface area (Å²) in [6.07, 6.45) is 1.67. The molecule has 1 aromatic carbocycles. The highest BCUT2D eigenvalue weighted by Crippen LogP contribution is 2.22. The molecule has 4 N–H and O–H groups in total. The number of nitrogen functional groups attached to an aromatic ring is 1. The number of rotatable bonds is 10. The molecule has 8 nitrogen and oxygen atoms in total. The lowest BCUT2D eigenvalue weighted by atomic mass is 10.2. The number of aryl methyl sites for hydroxylation is 1. The summed E-state index contributed by atoms with van der Waals surface area (Å²) < 4.78 is 1.43. The molecule has 1 aromatic heterocycles. The Bertz CT molecular complexity index is 770. The maximum Gasteiger partial charge on any atom is 0.234 e. The lowest BCUT2D eigenvalue weighted by Crippen LogP contribution is -2.22. The van der Waals surface area contributed by atoms with Crippen LogP contribution >= 0.6 is 23.4 Å². The zero-order chi connectivity index (χ0) is 19.8. The normalized spacial score (nSPS) is 11.1. The maximum absolute atomic E-state index is 12.2. The lowest BCUT2D eigenvalue weighted by Gasteiger charge is -2.17. The summed E-state index contributed by atoms with van der Waals surface area (Å²) in [7, 11) is 1.89. The summed E-state index contributed by atoms with van der Waals surface area (Å²) in [6, 6.07) is 5.34. The maximum atomic E-state index is 12.2. The number of hydrogen-bond acceptors (Lipinski definition) is 7. The predicted molar refractivity (Wildman–Crippen MR) is 108 cm³/mol. The summed E-state index contributed by atoms with van der Waals surface area (Å²) in [5.74, 6) is 6.64. The van der Waals surface area contributed by atoms with Crippen molar-refractivity contribution < 1.29 is 9.90 Å². The Balaban J connectivity index is 1.93. The monoisotopic (exact) mass is 412 g/mol. The zero-order valence-corrected chi connectivity index (χ0v) is 17.1. The van der Waals surface area contributed by atoms with E-state index in [1.165, 1.54) is 16.4 Å². The number of carbonyl (C=O) groups is 1. The first-order valence-electron chi connectivity index (χ1n) is 8.64. The molecule has 0 aliphatic heterocycles. The second-order valence-electron chi connectivity index (χ2n) is 6.12. The first-order valence-corrected chi connectivity index (χ1v) is 10.0. The van der Waals surface area contributed by atoms with Gasteiger partial charge in [0.1, 0.15) is 0 Å². The van der Waals surface area contributed by atoms with Crippen LogP contribution in [0, 0.1) is 0 Å². The number of thioether (sulfide) groups is 1. The Kier molecular flexibility index (Phi) is 8.36. The summed E-state index contributed by atoms with van der Waals surface area (Å²) in [6.45, 7) is 3.24. The van der Waals surface area contributed by atoms with Gasteiger partial charge in [0.2, 0.25) is 11.1 Å². The number of halogens is 1. The fourth-order valence-electron chi connectivity index (χ4n) is 2.44. The molecule has 0 saturated heterocycles. The number of anilines is 1. The van der Waals surface area contributed by atoms with E-state index in [9.17, 15) is 4.79 Å². The molecule has 0 saturated carbocycles. The number of carbonyl (C=O) groups excluding carboxylic acids is 1. The number of aromatic nitrogens is 3. The van der Waals surface area contributed by atoms with Gasteiger partial charge in [0.15, 0.2) is 5.82 Å². The number of nitrogens with zero attached hydrogens (tertiary/aromatic N) is 4. The van der Waals surface area contributed by atoms with Gasteiger partial charge >= 0.3 is 0 Å². The average molecular weight is 413 g/mol. The van der Waals surface area contributed by atoms with E-state index in [0.29, 0.717) is 34.8 Å². The third kappa shape index (κ3) is 6.39. The van der Waals surface area contributed by atoms with Gasteiger partial charge in [-0.1, -0.05) is 30.3 Å². The first-order chi connectivity index (χ1) is 12.9. The van der Waals surface area contributed by atoms with E-state index in [1.807, 2.05) is 24.9 Å². The fraction of sp³-hybridized carbons (Fsp3) is 0.471. The van der Waals surface area contributed by atoms with E-state index in [2.05, 4.69) is 15.5 Å². The quantitative estimate of drug-likeness (QED) is 0.403. The molecular weight excluding hydrogens is 388 g/mol. The van der Waals surface area contributed by atoms with Crippen molar-refractivity contribution in [3.63, 3.8) is 0 Å². The molecule has 1 amide bonds. The van der Waals surface area contributed by atoms with Crippen LogP contribution in [0.1, 0.15) is 24.7 Å². The van der Waals surface area contributed by atoms with Crippen molar-refractivity contribution in [1.29, 1.82) is 0 Å². The molecule has 1 heterocycles. The van der Waals surface area contributed by atoms with Gasteiger partial charge in [0.25, 0.3) is 0 Å². The van der Waals surface area contributed by atoms with E-state index in [-0.39, 0.29) is 18.3 Å². The minimum absolute atomic E-state index is 0.0769. The van der Waals surface area contributed by atoms with E-state index >= 15 is 0 Å². The number of likely N-dealkylation sites (N-methyl/N-ethyl adjacent to an activating group) is 1. The molecule has 0 bridgehead atoms. The van der Waals surface area contributed by atoms with E-state index in [0.717, 1.165) is 18.4 Å². The van der Waals surface area contributed by atoms with Gasteiger partial charge in [-0.15, -0.1) is 10.2 Å². The third-order valence-electron chi connectivity index (χ3n) is 3.79. The Morgan fingerprint density at radius 1 is 1.44 bits per heavy atom. The van der Waals surface area contributed by atoms with Crippen molar-refractivity contribution in [3.05, 3.63) is 34.6 Å². The lowest BCUT2D eigenvalue weighted by molar-refractivity contribution is -0.113. The molecule has 148 valence electrons. The van der Waals surface area contributed by atoms with Gasteiger partial charge in [-0.3, -0.25) is 9.69 Å². The van der Waals surface area contributed by atoms with Crippen LogP contribution in [0.4, 0.5) is 5.69 Å². The number of aliphatic hydroxyl groups excluding tert-OH is 1. The molecule has 0 unspecified atom stereocenters. The van der Waals surface area contributed by atoms with Gasteiger partial charge in [-0.05, 0) is 37.2 Å². The molecular formula is C17H25ClN6O2S. The molecule has 0 fully saturated rings. The second kappa shape index (κ2) is 10.5. The summed E-state index contributed by atoms with van der Waals surface area (Å²) in [4.78, 5) is 14.2. The molecule has 2 aromatic rings. The standard InChI is InChI=1S/C17H25ClN6O2S/c1-3-4-15-21-22-17(24(15)19)27-11-16(26)20-13-5-6-14(18)12(9-13)10-23(2)7-8-25/h5-6,9,25H,3-4,7-8,10-11,19H2,1-2H3,(H,20,26). The first kappa shape index (κ1) is 21.5. The van der Waals surface area contributed by atoms with Gasteiger partial charge in [-0.2, -0.15) is 0 Å². The van der Waals surface area contributed by atoms with Gasteiger partial charge in [0.05, 0.1) is 12.4 Å². The molecule has 0 radical (unpaired) electrons. The Morgan fingerprint density at radius 2 is 2.22 bits per heavy atom. The molecule has 10 heteroatoms. The Morgan fingerprint density at radius 3 is 2.93 bits per heavy atom. The third-order valence-corrected chi connectivity index (χ3v) is 5.10. The molecule has 0 spiro atoms. The van der Waals surface area contributed by atoms with Crippen molar-refractivity contribution in [1.82, 2.24) is 19.8 Å². The largest absolute Gasteiger partial charge is 0.395 e. The molecule has 0 atom stereocenters. The topological polar surface area (TPSA) is 109 Å². The minimum atomic E-state index is -0.169. The predicted octanol–water partition coefficient (Wildman–Crippen LogP) is 1.75. The van der Waals surface area contributed by atoms with Crippen molar-refractivity contribution >= 4 is 35.0 Å². The summed E-state index contributed by atoms with van der Waals surface area (Å²) in [5, 5.41) is 21.0. The number of nitrogens with two attached hydrogens (primary N) is 1. The smallest absolute Gasteiger partial charge is 0.234 e. The van der Waals surface area contributed by atoms with Crippen LogP contribution < -0.4 is 11.2 Å². The highest BCUT2D eigenvalue weighted by molar-refractivity contribution is 7.99. The average Bonchev–Trinajstić information content (AvgIpc) is 2.97. The number of nitrogens with one attached hydrogen (secondary N) is 1. The molecule has 27 heavy (non-hydrogen) atoms. The zero-order valence-electron chi connectivity index (χ0n) is 15.5. The van der Waals surface area contributed by atoms with E-state index in [1.54, 1.807) is 12.1 Å². The van der Waals surface area contributed by atoms with Crippen LogP contribution in [0.5, 0.6) is 0 Å². The summed E-state index contributed by atoms with van der Waals surface area (Å²) >= 11 is 7.46. The van der Waals surface area contributed by atoms with Crippen LogP contribution in [0.15, 0.2) is 23.4 Å². The van der Waals surface area contributed by atoms with E-state index < -0.39 is 0 Å². The Labute approximate surface area is 168 Å². The van der Waals surface area contributed by atoms with Crippen LogP contribution in [0.25, 0.3) is 0 Å². The van der Waals surface area contributed by atoms with Gasteiger partial charge in [0, 0.05) is 30.2 Å². The van der Waals surface area contributed by atoms with Crippen molar-refractivity contribution in [2.75, 3.05) is 37.1 Å². The van der Waals surface area contributed by atoms with Crippen molar-refractivity contribution in [2.45, 2.75) is 31.5 Å². The highest BCUT2D eigenvalue weighted by Gasteiger charge is 2.12. The van der Waals surface area contributed by atoms with Crippen LogP contribution in [-0.4, -0.2) is 56.7 Å². The van der Waals surface area contributed by atoms with Gasteiger partial charge in [-0.25, -0.2) is 4.68 Å². The summed E-state index contributed by atoms with van der Waals surface area (Å²) in [5.41, 5.74) is 1.54. The Hall–Kier alpha value is -1.81. The molecule has 0 aliphatic carbocycles. The van der Waals surface area contributed by atoms with E-state index in [4.69, 9.17) is 22.6 Å².